The predicted molar refractivity (Wildman–Crippen MR) is 77.6 cm³/mol. The van der Waals surface area contributed by atoms with Crippen LogP contribution in [0.15, 0.2) is 12.2 Å². The Bertz CT molecular complexity index is 420. The number of carbonyl (C=O) groups excluding carboxylic acids is 1. The van der Waals surface area contributed by atoms with Crippen molar-refractivity contribution < 1.29 is 13.2 Å². The first-order valence-corrected chi connectivity index (χ1v) is 8.71. The standard InChI is InChI=1S/C14H25NO3S/c1-4-5-10-19(17,18)12(3)14(16)15-13-8-6-11(2)7-9-13/h4-5,11-13H,6-10H2,1-3H3,(H,15,16)/b5-4-/t11?,12-,13?/m1/s1. The fraction of sp³-hybridized carbons (Fsp3) is 0.786. The molecule has 4 nitrogen and oxygen atoms in total. The normalized spacial score (nSPS) is 26.3. The van der Waals surface area contributed by atoms with Crippen LogP contribution in [0.1, 0.15) is 46.5 Å². The van der Waals surface area contributed by atoms with E-state index in [2.05, 4.69) is 12.2 Å². The van der Waals surface area contributed by atoms with E-state index in [1.807, 2.05) is 0 Å². The SMILES string of the molecule is C/C=C\CS(=O)(=O)[C@H](C)C(=O)NC1CCC(C)CC1. The van der Waals surface area contributed by atoms with E-state index in [9.17, 15) is 13.2 Å². The molecule has 1 aliphatic carbocycles. The monoisotopic (exact) mass is 287 g/mol. The molecule has 1 atom stereocenters. The first-order chi connectivity index (χ1) is 8.86. The summed E-state index contributed by atoms with van der Waals surface area (Å²) in [7, 11) is -3.38. The number of carbonyl (C=O) groups is 1. The third-order valence-electron chi connectivity index (χ3n) is 3.83. The highest BCUT2D eigenvalue weighted by Gasteiger charge is 2.29. The zero-order valence-corrected chi connectivity index (χ0v) is 12.9. The third kappa shape index (κ3) is 4.97. The van der Waals surface area contributed by atoms with Crippen molar-refractivity contribution in [3.8, 4) is 0 Å². The minimum atomic E-state index is -3.38. The molecule has 0 aromatic rings. The van der Waals surface area contributed by atoms with Crippen LogP contribution in [0.5, 0.6) is 0 Å². The lowest BCUT2D eigenvalue weighted by Crippen LogP contribution is -2.45. The molecule has 1 saturated carbocycles. The molecule has 1 N–H and O–H groups in total. The average Bonchev–Trinajstić information content (AvgIpc) is 2.38. The topological polar surface area (TPSA) is 63.2 Å². The van der Waals surface area contributed by atoms with Crippen LogP contribution in [0.4, 0.5) is 0 Å². The highest BCUT2D eigenvalue weighted by molar-refractivity contribution is 7.92. The number of hydrogen-bond acceptors (Lipinski definition) is 3. The lowest BCUT2D eigenvalue weighted by molar-refractivity contribution is -0.121. The van der Waals surface area contributed by atoms with Gasteiger partial charge in [-0.3, -0.25) is 4.79 Å². The van der Waals surface area contributed by atoms with Gasteiger partial charge in [-0.05, 0) is 45.4 Å². The number of sulfone groups is 1. The predicted octanol–water partition coefficient (Wildman–Crippen LogP) is 2.06. The minimum Gasteiger partial charge on any atom is -0.352 e. The van der Waals surface area contributed by atoms with Gasteiger partial charge in [-0.1, -0.05) is 19.1 Å². The number of amides is 1. The van der Waals surface area contributed by atoms with Crippen molar-refractivity contribution in [3.05, 3.63) is 12.2 Å². The fourth-order valence-electron chi connectivity index (χ4n) is 2.26. The fourth-order valence-corrected chi connectivity index (χ4v) is 3.40. The van der Waals surface area contributed by atoms with E-state index in [0.717, 1.165) is 25.7 Å². The van der Waals surface area contributed by atoms with Crippen molar-refractivity contribution in [1.82, 2.24) is 5.32 Å². The van der Waals surface area contributed by atoms with E-state index >= 15 is 0 Å². The van der Waals surface area contributed by atoms with Crippen molar-refractivity contribution in [1.29, 1.82) is 0 Å². The van der Waals surface area contributed by atoms with Crippen molar-refractivity contribution in [2.75, 3.05) is 5.75 Å². The zero-order valence-electron chi connectivity index (χ0n) is 12.1. The van der Waals surface area contributed by atoms with Crippen LogP contribution in [-0.2, 0) is 14.6 Å². The Labute approximate surface area is 116 Å². The highest BCUT2D eigenvalue weighted by Crippen LogP contribution is 2.23. The van der Waals surface area contributed by atoms with Gasteiger partial charge in [0.05, 0.1) is 5.75 Å². The minimum absolute atomic E-state index is 0.0697. The summed E-state index contributed by atoms with van der Waals surface area (Å²) in [5.74, 6) is 0.285. The Morgan fingerprint density at radius 3 is 2.42 bits per heavy atom. The summed E-state index contributed by atoms with van der Waals surface area (Å²) < 4.78 is 23.8. The quantitative estimate of drug-likeness (QED) is 0.787. The van der Waals surface area contributed by atoms with Gasteiger partial charge in [0.25, 0.3) is 0 Å². The molecule has 0 bridgehead atoms. The van der Waals surface area contributed by atoms with Crippen molar-refractivity contribution in [3.63, 3.8) is 0 Å². The van der Waals surface area contributed by atoms with Crippen molar-refractivity contribution in [2.24, 2.45) is 5.92 Å². The maximum atomic E-state index is 12.0. The molecule has 0 aromatic carbocycles. The number of allylic oxidation sites excluding steroid dienone is 1. The third-order valence-corrected chi connectivity index (χ3v) is 5.78. The molecule has 0 unspecified atom stereocenters. The summed E-state index contributed by atoms with van der Waals surface area (Å²) in [5, 5.41) is 1.91. The van der Waals surface area contributed by atoms with Gasteiger partial charge in [0.1, 0.15) is 5.25 Å². The van der Waals surface area contributed by atoms with Gasteiger partial charge >= 0.3 is 0 Å². The van der Waals surface area contributed by atoms with Gasteiger partial charge in [0, 0.05) is 6.04 Å². The molecule has 0 saturated heterocycles. The van der Waals surface area contributed by atoms with Crippen molar-refractivity contribution >= 4 is 15.7 Å². The van der Waals surface area contributed by atoms with Gasteiger partial charge in [0.2, 0.25) is 5.91 Å². The Hall–Kier alpha value is -0.840. The molecule has 1 amide bonds. The van der Waals surface area contributed by atoms with Gasteiger partial charge in [-0.15, -0.1) is 0 Å². The number of rotatable bonds is 5. The molecule has 0 radical (unpaired) electrons. The van der Waals surface area contributed by atoms with Crippen LogP contribution in [0.2, 0.25) is 0 Å². The molecule has 1 aliphatic rings. The molecule has 1 rings (SSSR count). The zero-order chi connectivity index (χ0) is 14.5. The summed E-state index contributed by atoms with van der Waals surface area (Å²) in [6.45, 7) is 5.45. The van der Waals surface area contributed by atoms with Gasteiger partial charge in [-0.25, -0.2) is 8.42 Å². The lowest BCUT2D eigenvalue weighted by Gasteiger charge is -2.27. The van der Waals surface area contributed by atoms with Crippen LogP contribution in [-0.4, -0.2) is 31.4 Å². The highest BCUT2D eigenvalue weighted by atomic mass is 32.2. The maximum Gasteiger partial charge on any atom is 0.238 e. The van der Waals surface area contributed by atoms with E-state index in [0.29, 0.717) is 5.92 Å². The van der Waals surface area contributed by atoms with Crippen molar-refractivity contribution in [2.45, 2.75) is 57.7 Å². The summed E-state index contributed by atoms with van der Waals surface area (Å²) >= 11 is 0. The molecular formula is C14H25NO3S. The smallest absolute Gasteiger partial charge is 0.238 e. The molecule has 110 valence electrons. The summed E-state index contributed by atoms with van der Waals surface area (Å²) in [4.78, 5) is 12.0. The maximum absolute atomic E-state index is 12.0. The van der Waals surface area contributed by atoms with E-state index in [1.54, 1.807) is 19.1 Å². The first kappa shape index (κ1) is 16.2. The molecular weight excluding hydrogens is 262 g/mol. The van der Waals surface area contributed by atoms with Crippen LogP contribution in [0, 0.1) is 5.92 Å². The van der Waals surface area contributed by atoms with E-state index in [1.165, 1.54) is 6.92 Å². The van der Waals surface area contributed by atoms with Gasteiger partial charge in [-0.2, -0.15) is 0 Å². The Morgan fingerprint density at radius 2 is 1.89 bits per heavy atom. The molecule has 0 heterocycles. The lowest BCUT2D eigenvalue weighted by atomic mass is 9.87. The van der Waals surface area contributed by atoms with Crippen LogP contribution in [0.3, 0.4) is 0 Å². The molecule has 0 spiro atoms. The first-order valence-electron chi connectivity index (χ1n) is 7.00. The van der Waals surface area contributed by atoms with Gasteiger partial charge < -0.3 is 5.32 Å². The molecule has 0 aliphatic heterocycles. The van der Waals surface area contributed by atoms with E-state index in [-0.39, 0.29) is 17.7 Å². The number of nitrogens with one attached hydrogen (secondary N) is 1. The summed E-state index contributed by atoms with van der Waals surface area (Å²) in [5.41, 5.74) is 0. The van der Waals surface area contributed by atoms with E-state index < -0.39 is 15.1 Å². The molecule has 5 heteroatoms. The second kappa shape index (κ2) is 7.08. The van der Waals surface area contributed by atoms with Gasteiger partial charge in [0.15, 0.2) is 9.84 Å². The van der Waals surface area contributed by atoms with Crippen LogP contribution >= 0.6 is 0 Å². The second-order valence-corrected chi connectivity index (χ2v) is 7.87. The van der Waals surface area contributed by atoms with Crippen LogP contribution < -0.4 is 5.32 Å². The molecule has 0 aromatic heterocycles. The second-order valence-electron chi connectivity index (χ2n) is 5.51. The molecule has 19 heavy (non-hydrogen) atoms. The van der Waals surface area contributed by atoms with E-state index in [4.69, 9.17) is 0 Å². The summed E-state index contributed by atoms with van der Waals surface area (Å²) in [6.07, 6.45) is 7.37. The number of hydrogen-bond donors (Lipinski definition) is 1. The molecule has 1 fully saturated rings. The Kier molecular flexibility index (Phi) is 6.04. The van der Waals surface area contributed by atoms with Crippen LogP contribution in [0.25, 0.3) is 0 Å². The Morgan fingerprint density at radius 1 is 1.32 bits per heavy atom. The largest absolute Gasteiger partial charge is 0.352 e. The summed E-state index contributed by atoms with van der Waals surface area (Å²) in [6, 6.07) is 0.142. The Balaban J connectivity index is 2.53. The average molecular weight is 287 g/mol.